The van der Waals surface area contributed by atoms with Crippen molar-refractivity contribution in [2.45, 2.75) is 216 Å². The lowest BCUT2D eigenvalue weighted by Gasteiger charge is -2.41. The molecule has 90 heavy (non-hydrogen) atoms. The van der Waals surface area contributed by atoms with E-state index in [-0.39, 0.29) is 62.2 Å². The van der Waals surface area contributed by atoms with Crippen molar-refractivity contribution < 1.29 is 57.8 Å². The molecule has 0 spiro atoms. The Labute approximate surface area is 537 Å². The molecule has 1 aliphatic rings. The first kappa shape index (κ1) is 79.2. The lowest BCUT2D eigenvalue weighted by Crippen LogP contribution is -2.63. The topological polar surface area (TPSA) is 279 Å². The second-order valence-electron chi connectivity index (χ2n) is 27.3. The predicted molar refractivity (Wildman–Crippen MR) is 349 cm³/mol. The van der Waals surface area contributed by atoms with Gasteiger partial charge in [0, 0.05) is 49.3 Å². The Kier molecular flexibility index (Phi) is 31.9. The van der Waals surface area contributed by atoms with Gasteiger partial charge >= 0.3 is 0 Å². The number of likely N-dealkylation sites (N-methyl/N-ethyl adjacent to an activating group) is 7. The summed E-state index contributed by atoms with van der Waals surface area (Å²) < 4.78 is 0. The van der Waals surface area contributed by atoms with Crippen molar-refractivity contribution in [3.05, 3.63) is 42.0 Å². The van der Waals surface area contributed by atoms with Crippen molar-refractivity contribution in [3.63, 3.8) is 0 Å². The summed E-state index contributed by atoms with van der Waals surface area (Å²) in [5.41, 5.74) is 0.896. The van der Waals surface area contributed by atoms with Crippen LogP contribution in [0.25, 0.3) is 6.08 Å². The van der Waals surface area contributed by atoms with Crippen molar-refractivity contribution in [1.29, 1.82) is 0 Å². The number of carbonyl (C=O) groups excluding carboxylic acids is 11. The van der Waals surface area contributed by atoms with Gasteiger partial charge in [-0.05, 0) is 99.4 Å². The molecule has 1 saturated heterocycles. The number of rotatable bonds is 16. The molecule has 0 bridgehead atoms. The van der Waals surface area contributed by atoms with Crippen molar-refractivity contribution in [3.8, 4) is 0 Å². The van der Waals surface area contributed by atoms with Gasteiger partial charge in [0.25, 0.3) is 0 Å². The summed E-state index contributed by atoms with van der Waals surface area (Å²) in [6, 6.07) is -3.00. The number of allylic oxidation sites excluding steroid dienone is 1. The first-order valence-electron chi connectivity index (χ1n) is 32.2. The van der Waals surface area contributed by atoms with E-state index in [9.17, 15) is 38.7 Å². The summed E-state index contributed by atoms with van der Waals surface area (Å²) in [5, 5.41) is 23.4. The number of aliphatic hydroxyl groups is 1. The fraction of sp³-hybridized carbons (Fsp3) is 0.716. The monoisotopic (exact) mass is 1260 g/mol. The molecule has 0 aromatic heterocycles. The van der Waals surface area contributed by atoms with Crippen LogP contribution in [0.5, 0.6) is 0 Å². The minimum Gasteiger partial charge on any atom is -0.390 e. The molecule has 1 aromatic carbocycles. The van der Waals surface area contributed by atoms with Crippen LogP contribution in [-0.2, 0) is 52.7 Å². The molecule has 23 heteroatoms. The van der Waals surface area contributed by atoms with Crippen LogP contribution < -0.4 is 21.3 Å². The highest BCUT2D eigenvalue weighted by Gasteiger charge is 2.46. The Morgan fingerprint density at radius 3 is 1.38 bits per heavy atom. The standard InChI is InChI=1S/C67H113N11O12/c1-24-48-63(86)72(17)37-53(79)73(18)49(33-38(2)3)60(83)71-54(42(10)11)66(89)74(19)50(34-39(4)5)59(82)68-45(15)58(81)69-46(16)62(85)75(20)51(35-40(6)7)64(87)76(21)52(36-41(8)9)65(88)77(22)55(43(12)13)67(90)78(23)56(61(84)70-48)57(80)44(14)29-28-32-47-30-26-25-27-31-47/h25-28,30-32,38-46,48-52,54-57,80H,24,29,33-37H2,1-23H3,(H,68,82)(H,69,81)(H,70,84)(H,71,83)/b32-28+/t44?,45-,46+,48-,49-,50-,51-,52-,54-,55-,56-,57+/m0/s1. The molecule has 1 aromatic rings. The van der Waals surface area contributed by atoms with Crippen LogP contribution in [0.1, 0.15) is 155 Å². The Balaban J connectivity index is 2.99. The van der Waals surface area contributed by atoms with Gasteiger partial charge in [-0.1, -0.05) is 139 Å². The smallest absolute Gasteiger partial charge is 0.246 e. The number of amides is 11. The molecule has 5 N–H and O–H groups in total. The quantitative estimate of drug-likeness (QED) is 0.154. The number of nitrogens with zero attached hydrogens (tertiary/aromatic N) is 7. The first-order valence-corrected chi connectivity index (χ1v) is 32.2. The normalized spacial score (nSPS) is 26.0. The minimum absolute atomic E-state index is 0.0102. The van der Waals surface area contributed by atoms with E-state index >= 15 is 19.2 Å². The summed E-state index contributed by atoms with van der Waals surface area (Å²) in [4.78, 5) is 170. The second-order valence-corrected chi connectivity index (χ2v) is 27.3. The maximum Gasteiger partial charge on any atom is 0.246 e. The Morgan fingerprint density at radius 1 is 0.467 bits per heavy atom. The minimum atomic E-state index is -1.65. The van der Waals surface area contributed by atoms with Gasteiger partial charge in [-0.2, -0.15) is 0 Å². The first-order chi connectivity index (χ1) is 41.7. The van der Waals surface area contributed by atoms with Gasteiger partial charge in [0.1, 0.15) is 60.4 Å². The zero-order valence-corrected chi connectivity index (χ0v) is 58.5. The van der Waals surface area contributed by atoms with E-state index in [4.69, 9.17) is 0 Å². The number of carbonyl (C=O) groups is 11. The van der Waals surface area contributed by atoms with Gasteiger partial charge in [-0.25, -0.2) is 0 Å². The second kappa shape index (κ2) is 36.2. The fourth-order valence-corrected chi connectivity index (χ4v) is 11.3. The maximum atomic E-state index is 15.3. The van der Waals surface area contributed by atoms with Crippen molar-refractivity contribution in [2.24, 2.45) is 41.4 Å². The summed E-state index contributed by atoms with van der Waals surface area (Å²) >= 11 is 0. The van der Waals surface area contributed by atoms with Gasteiger partial charge in [0.15, 0.2) is 0 Å². The molecule has 23 nitrogen and oxygen atoms in total. The van der Waals surface area contributed by atoms with Gasteiger partial charge < -0.3 is 60.7 Å². The third-order valence-electron chi connectivity index (χ3n) is 17.0. The predicted octanol–water partition coefficient (Wildman–Crippen LogP) is 4.41. The summed E-state index contributed by atoms with van der Waals surface area (Å²) in [6.07, 6.45) is 3.02. The van der Waals surface area contributed by atoms with E-state index in [1.807, 2.05) is 97.9 Å². The van der Waals surface area contributed by atoms with Gasteiger partial charge in [-0.15, -0.1) is 0 Å². The highest BCUT2D eigenvalue weighted by molar-refractivity contribution is 5.99. The van der Waals surface area contributed by atoms with E-state index in [1.165, 1.54) is 87.7 Å². The van der Waals surface area contributed by atoms with Crippen LogP contribution in [0, 0.1) is 41.4 Å². The number of hydrogen-bond acceptors (Lipinski definition) is 12. The molecule has 0 saturated carbocycles. The summed E-state index contributed by atoms with van der Waals surface area (Å²) in [7, 11) is 9.93. The highest BCUT2D eigenvalue weighted by atomic mass is 16.3. The molecule has 1 aliphatic heterocycles. The average molecular weight is 1260 g/mol. The number of hydrogen-bond donors (Lipinski definition) is 5. The molecule has 12 atom stereocenters. The van der Waals surface area contributed by atoms with Crippen LogP contribution in [0.15, 0.2) is 36.4 Å². The SMILES string of the molecule is CC[C@@H]1NC(=O)[C@H]([C@H](O)C(C)C/C=C/c2ccccc2)N(C)C(=O)[C@H](C(C)C)N(C)C(=O)[C@H](CC(C)C)N(C)C(=O)[C@H](CC(C)C)N(C)C(=O)[C@@H](C)NC(=O)[C@H](C)NC(=O)[C@H](CC(C)C)N(C)C(=O)[C@H](C(C)C)NC(=O)[C@H](CC(C)C)N(C)C(=O)CN(C)C1=O. The van der Waals surface area contributed by atoms with Crippen LogP contribution in [0.3, 0.4) is 0 Å². The number of nitrogens with one attached hydrogen (secondary N) is 4. The third-order valence-corrected chi connectivity index (χ3v) is 17.0. The molecular weight excluding hydrogens is 1150 g/mol. The van der Waals surface area contributed by atoms with Gasteiger partial charge in [0.2, 0.25) is 65.0 Å². The number of aliphatic hydroxyl groups excluding tert-OH is 1. The Morgan fingerprint density at radius 2 is 0.900 bits per heavy atom. The summed E-state index contributed by atoms with van der Waals surface area (Å²) in [5.74, 6) is -9.88. The van der Waals surface area contributed by atoms with E-state index < -0.39 is 156 Å². The molecule has 0 aliphatic carbocycles. The molecule has 508 valence electrons. The van der Waals surface area contributed by atoms with E-state index in [0.717, 1.165) is 15.4 Å². The van der Waals surface area contributed by atoms with Gasteiger partial charge in [0.05, 0.1) is 12.6 Å². The van der Waals surface area contributed by atoms with E-state index in [1.54, 1.807) is 41.5 Å². The molecule has 2 rings (SSSR count). The van der Waals surface area contributed by atoms with Crippen LogP contribution >= 0.6 is 0 Å². The van der Waals surface area contributed by atoms with E-state index in [0.29, 0.717) is 0 Å². The zero-order chi connectivity index (χ0) is 69.1. The third kappa shape index (κ3) is 22.2. The largest absolute Gasteiger partial charge is 0.390 e. The summed E-state index contributed by atoms with van der Waals surface area (Å²) in [6.45, 7) is 27.5. The van der Waals surface area contributed by atoms with E-state index in [2.05, 4.69) is 21.3 Å². The average Bonchev–Trinajstić information content (AvgIpc) is 0.874. The zero-order valence-electron chi connectivity index (χ0n) is 58.5. The van der Waals surface area contributed by atoms with Crippen molar-refractivity contribution >= 4 is 71.1 Å². The van der Waals surface area contributed by atoms with Crippen LogP contribution in [0.2, 0.25) is 0 Å². The molecular formula is C67H113N11O12. The lowest BCUT2D eigenvalue weighted by molar-refractivity contribution is -0.157. The van der Waals surface area contributed by atoms with Gasteiger partial charge in [-0.3, -0.25) is 52.7 Å². The van der Waals surface area contributed by atoms with Crippen LogP contribution in [-0.4, -0.2) is 227 Å². The molecule has 11 amide bonds. The van der Waals surface area contributed by atoms with Crippen LogP contribution in [0.4, 0.5) is 0 Å². The number of benzene rings is 1. The highest BCUT2D eigenvalue weighted by Crippen LogP contribution is 2.26. The molecule has 1 unspecified atom stereocenters. The maximum absolute atomic E-state index is 15.3. The molecule has 1 heterocycles. The van der Waals surface area contributed by atoms with Crippen molar-refractivity contribution in [2.75, 3.05) is 55.9 Å². The van der Waals surface area contributed by atoms with Crippen molar-refractivity contribution in [1.82, 2.24) is 55.6 Å². The Bertz CT molecular complexity index is 2630. The molecule has 0 radical (unpaired) electrons. The Hall–Kier alpha value is -6.91. The molecule has 1 fully saturated rings. The lowest BCUT2D eigenvalue weighted by atomic mass is 9.91. The fourth-order valence-electron chi connectivity index (χ4n) is 11.3.